The molecule has 0 saturated carbocycles. The first-order valence-electron chi connectivity index (χ1n) is 10.1. The van der Waals surface area contributed by atoms with Crippen molar-refractivity contribution in [1.29, 1.82) is 0 Å². The monoisotopic (exact) mass is 493 g/mol. The molecular weight excluding hydrogens is 475 g/mol. The SMILES string of the molecule is CC1(C#Cc2cnc3c(c2)[C@]2(C=C(N)NC2)c2cc(OS(=O)(=O)C(F)(F)F)ccc2O3)COC1. The third kappa shape index (κ3) is 3.61. The summed E-state index contributed by atoms with van der Waals surface area (Å²) in [6.45, 7) is 3.29. The van der Waals surface area contributed by atoms with Crippen molar-refractivity contribution >= 4 is 10.1 Å². The van der Waals surface area contributed by atoms with Gasteiger partial charge in [0.15, 0.2) is 0 Å². The molecule has 34 heavy (non-hydrogen) atoms. The second kappa shape index (κ2) is 7.28. The Kier molecular flexibility index (Phi) is 4.79. The summed E-state index contributed by atoms with van der Waals surface area (Å²) in [5.74, 6) is 6.64. The van der Waals surface area contributed by atoms with Crippen LogP contribution in [0.15, 0.2) is 42.4 Å². The van der Waals surface area contributed by atoms with Gasteiger partial charge in [0.25, 0.3) is 0 Å². The molecule has 1 fully saturated rings. The number of halogens is 3. The minimum atomic E-state index is -5.85. The van der Waals surface area contributed by atoms with E-state index >= 15 is 0 Å². The van der Waals surface area contributed by atoms with E-state index in [0.717, 1.165) is 6.07 Å². The van der Waals surface area contributed by atoms with Crippen molar-refractivity contribution in [3.63, 3.8) is 0 Å². The van der Waals surface area contributed by atoms with E-state index in [0.29, 0.717) is 35.7 Å². The second-order valence-electron chi connectivity index (χ2n) is 8.55. The summed E-state index contributed by atoms with van der Waals surface area (Å²) in [7, 11) is -5.85. The van der Waals surface area contributed by atoms with Gasteiger partial charge in [0.2, 0.25) is 5.88 Å². The predicted octanol–water partition coefficient (Wildman–Crippen LogP) is 2.49. The minimum absolute atomic E-state index is 0.238. The number of benzene rings is 1. The van der Waals surface area contributed by atoms with Gasteiger partial charge in [-0.25, -0.2) is 4.98 Å². The van der Waals surface area contributed by atoms with Gasteiger partial charge in [-0.05, 0) is 37.3 Å². The number of nitrogens with two attached hydrogens (primary N) is 1. The fourth-order valence-corrected chi connectivity index (χ4v) is 4.45. The van der Waals surface area contributed by atoms with Crippen molar-refractivity contribution in [3.8, 4) is 29.2 Å². The molecule has 1 saturated heterocycles. The number of fused-ring (bicyclic) bond motifs is 4. The summed E-state index contributed by atoms with van der Waals surface area (Å²) in [6, 6.07) is 5.38. The van der Waals surface area contributed by atoms with Gasteiger partial charge in [-0.15, -0.1) is 0 Å². The Bertz CT molecular complexity index is 1390. The number of nitrogens with zero attached hydrogens (tertiary/aromatic N) is 1. The van der Waals surface area contributed by atoms with Gasteiger partial charge in [-0.1, -0.05) is 11.8 Å². The maximum atomic E-state index is 12.8. The van der Waals surface area contributed by atoms with E-state index in [9.17, 15) is 21.6 Å². The van der Waals surface area contributed by atoms with Crippen LogP contribution in [0.25, 0.3) is 0 Å². The Balaban J connectivity index is 1.60. The number of aromatic nitrogens is 1. The molecule has 12 heteroatoms. The minimum Gasteiger partial charge on any atom is -0.438 e. The average molecular weight is 493 g/mol. The lowest BCUT2D eigenvalue weighted by Gasteiger charge is -2.35. The van der Waals surface area contributed by atoms with Crippen LogP contribution in [0.1, 0.15) is 23.6 Å². The molecule has 8 nitrogen and oxygen atoms in total. The van der Waals surface area contributed by atoms with Crippen molar-refractivity contribution in [2.45, 2.75) is 17.8 Å². The van der Waals surface area contributed by atoms with E-state index in [4.69, 9.17) is 15.2 Å². The highest BCUT2D eigenvalue weighted by Crippen LogP contribution is 2.51. The van der Waals surface area contributed by atoms with Gasteiger partial charge >= 0.3 is 15.6 Å². The van der Waals surface area contributed by atoms with Crippen molar-refractivity contribution in [1.82, 2.24) is 10.3 Å². The van der Waals surface area contributed by atoms with Crippen LogP contribution >= 0.6 is 0 Å². The van der Waals surface area contributed by atoms with Crippen LogP contribution < -0.4 is 20.0 Å². The summed E-state index contributed by atoms with van der Waals surface area (Å²) in [5, 5.41) is 3.01. The molecule has 3 N–H and O–H groups in total. The predicted molar refractivity (Wildman–Crippen MR) is 113 cm³/mol. The lowest BCUT2D eigenvalue weighted by atomic mass is 9.73. The largest absolute Gasteiger partial charge is 0.534 e. The highest BCUT2D eigenvalue weighted by atomic mass is 32.2. The van der Waals surface area contributed by atoms with Gasteiger partial charge in [0.1, 0.15) is 11.5 Å². The van der Waals surface area contributed by atoms with Crippen LogP contribution in [-0.4, -0.2) is 38.7 Å². The van der Waals surface area contributed by atoms with Crippen LogP contribution in [-0.2, 0) is 20.3 Å². The van der Waals surface area contributed by atoms with E-state index in [1.54, 1.807) is 18.3 Å². The number of ether oxygens (including phenoxy) is 2. The molecule has 1 aromatic carbocycles. The number of nitrogens with one attached hydrogen (secondary N) is 1. The van der Waals surface area contributed by atoms with Crippen LogP contribution in [0.4, 0.5) is 13.2 Å². The fraction of sp³-hybridized carbons (Fsp3) is 0.318. The molecule has 2 aromatic rings. The van der Waals surface area contributed by atoms with Gasteiger partial charge < -0.3 is 24.7 Å². The van der Waals surface area contributed by atoms with E-state index in [1.807, 2.05) is 6.92 Å². The molecule has 0 amide bonds. The average Bonchev–Trinajstić information content (AvgIpc) is 3.13. The quantitative estimate of drug-likeness (QED) is 0.373. The maximum absolute atomic E-state index is 12.8. The molecule has 1 spiro atoms. The molecule has 3 aliphatic rings. The highest BCUT2D eigenvalue weighted by Gasteiger charge is 2.49. The Labute approximate surface area is 193 Å². The number of hydrogen-bond donors (Lipinski definition) is 2. The van der Waals surface area contributed by atoms with Crippen LogP contribution in [0.5, 0.6) is 17.4 Å². The third-order valence-electron chi connectivity index (χ3n) is 5.78. The molecule has 0 radical (unpaired) electrons. The van der Waals surface area contributed by atoms with Crippen LogP contribution in [0.2, 0.25) is 0 Å². The van der Waals surface area contributed by atoms with E-state index < -0.39 is 26.8 Å². The zero-order valence-electron chi connectivity index (χ0n) is 17.7. The molecule has 1 aromatic heterocycles. The molecule has 0 bridgehead atoms. The molecular formula is C22H18F3N3O5S. The van der Waals surface area contributed by atoms with Crippen molar-refractivity contribution < 1.29 is 35.2 Å². The van der Waals surface area contributed by atoms with Gasteiger partial charge in [-0.2, -0.15) is 21.6 Å². The number of rotatable bonds is 2. The Morgan fingerprint density at radius 2 is 2.00 bits per heavy atom. The van der Waals surface area contributed by atoms with Gasteiger partial charge in [0, 0.05) is 29.4 Å². The zero-order chi connectivity index (χ0) is 24.4. The molecule has 5 rings (SSSR count). The van der Waals surface area contributed by atoms with Crippen molar-refractivity contribution in [2.24, 2.45) is 11.1 Å². The van der Waals surface area contributed by atoms with Crippen LogP contribution in [0.3, 0.4) is 0 Å². The Morgan fingerprint density at radius 1 is 1.24 bits per heavy atom. The lowest BCUT2D eigenvalue weighted by Crippen LogP contribution is -2.38. The summed E-state index contributed by atoms with van der Waals surface area (Å²) < 4.78 is 77.0. The van der Waals surface area contributed by atoms with Gasteiger partial charge in [-0.3, -0.25) is 0 Å². The first-order chi connectivity index (χ1) is 15.9. The standard InChI is InChI=1S/C22H18F3N3O5S/c1-20(11-31-12-20)5-4-13-6-16-19(27-9-13)32-17-3-2-14(33-34(29,30)22(23,24)25)7-15(17)21(16)8-18(26)28-10-21/h2-3,6-9,28H,10-12,26H2,1H3/t21-/m0/s1. The summed E-state index contributed by atoms with van der Waals surface area (Å²) in [6.07, 6.45) is 3.26. The maximum Gasteiger partial charge on any atom is 0.534 e. The summed E-state index contributed by atoms with van der Waals surface area (Å²) in [4.78, 5) is 4.39. The first kappa shape index (κ1) is 22.4. The van der Waals surface area contributed by atoms with Crippen LogP contribution in [0, 0.1) is 17.3 Å². The Morgan fingerprint density at radius 3 is 2.62 bits per heavy atom. The molecule has 3 aliphatic heterocycles. The van der Waals surface area contributed by atoms with E-state index in [2.05, 4.69) is 26.3 Å². The molecule has 178 valence electrons. The molecule has 1 atom stereocenters. The molecule has 0 aliphatic carbocycles. The molecule has 0 unspecified atom stereocenters. The molecule has 4 heterocycles. The Hall–Kier alpha value is -3.43. The second-order valence-corrected chi connectivity index (χ2v) is 10.1. The third-order valence-corrected chi connectivity index (χ3v) is 6.76. The lowest BCUT2D eigenvalue weighted by molar-refractivity contribution is -0.0648. The fourth-order valence-electron chi connectivity index (χ4n) is 4.00. The topological polar surface area (TPSA) is 113 Å². The number of hydrogen-bond acceptors (Lipinski definition) is 8. The van der Waals surface area contributed by atoms with E-state index in [1.165, 1.54) is 12.1 Å². The van der Waals surface area contributed by atoms with Gasteiger partial charge in [0.05, 0.1) is 29.9 Å². The number of alkyl halides is 3. The smallest absolute Gasteiger partial charge is 0.438 e. The van der Waals surface area contributed by atoms with Crippen molar-refractivity contribution in [3.05, 3.63) is 59.0 Å². The summed E-state index contributed by atoms with van der Waals surface area (Å²) >= 11 is 0. The van der Waals surface area contributed by atoms with E-state index in [-0.39, 0.29) is 23.6 Å². The zero-order valence-corrected chi connectivity index (χ0v) is 18.5. The highest BCUT2D eigenvalue weighted by molar-refractivity contribution is 7.88. The summed E-state index contributed by atoms with van der Waals surface area (Å²) in [5.41, 5.74) is 0.739. The van der Waals surface area contributed by atoms with Crippen molar-refractivity contribution in [2.75, 3.05) is 19.8 Å². The number of pyridine rings is 1. The normalized spacial score (nSPS) is 22.2. The first-order valence-corrected chi connectivity index (χ1v) is 11.5.